The van der Waals surface area contributed by atoms with E-state index in [1.54, 1.807) is 24.3 Å². The largest absolute Gasteiger partial charge is 0.303 e. The predicted molar refractivity (Wildman–Crippen MR) is 74.0 cm³/mol. The highest BCUT2D eigenvalue weighted by Crippen LogP contribution is 2.47. The fraction of sp³-hybridized carbons (Fsp3) is 0.438. The fourth-order valence-corrected chi connectivity index (χ4v) is 3.51. The molecule has 1 saturated heterocycles. The third-order valence-corrected chi connectivity index (χ3v) is 4.62. The standard InChI is InChI=1S/C16H17NO3/c18-11-16(8-4-5-9-16)13-10-14(19)17(15(13)20)12-6-2-1-3-7-12/h1-3,6-7,11,13H,4-5,8-10H2/t13-/m0/s1. The van der Waals surface area contributed by atoms with Crippen LogP contribution in [-0.4, -0.2) is 18.1 Å². The van der Waals surface area contributed by atoms with Crippen LogP contribution in [0.15, 0.2) is 30.3 Å². The van der Waals surface area contributed by atoms with E-state index in [2.05, 4.69) is 0 Å². The van der Waals surface area contributed by atoms with Gasteiger partial charge in [-0.25, -0.2) is 0 Å². The number of anilines is 1. The Kier molecular flexibility index (Phi) is 3.16. The molecule has 104 valence electrons. The van der Waals surface area contributed by atoms with Gasteiger partial charge in [-0.05, 0) is 25.0 Å². The maximum atomic E-state index is 12.6. The van der Waals surface area contributed by atoms with Gasteiger partial charge in [0.1, 0.15) is 6.29 Å². The van der Waals surface area contributed by atoms with Crippen molar-refractivity contribution < 1.29 is 14.4 Å². The Balaban J connectivity index is 1.93. The van der Waals surface area contributed by atoms with Crippen LogP contribution in [0.3, 0.4) is 0 Å². The van der Waals surface area contributed by atoms with E-state index >= 15 is 0 Å². The molecule has 4 heteroatoms. The smallest absolute Gasteiger partial charge is 0.238 e. The molecule has 1 aromatic rings. The molecule has 2 aliphatic rings. The van der Waals surface area contributed by atoms with Crippen LogP contribution in [0, 0.1) is 11.3 Å². The van der Waals surface area contributed by atoms with Gasteiger partial charge in [-0.15, -0.1) is 0 Å². The number of rotatable bonds is 3. The van der Waals surface area contributed by atoms with E-state index in [1.807, 2.05) is 6.07 Å². The lowest BCUT2D eigenvalue weighted by Crippen LogP contribution is -2.37. The molecule has 1 atom stereocenters. The first-order chi connectivity index (χ1) is 9.68. The maximum absolute atomic E-state index is 12.6. The molecule has 2 amide bonds. The van der Waals surface area contributed by atoms with E-state index in [0.29, 0.717) is 5.69 Å². The van der Waals surface area contributed by atoms with Crippen molar-refractivity contribution in [1.29, 1.82) is 0 Å². The zero-order chi connectivity index (χ0) is 14.2. The van der Waals surface area contributed by atoms with Gasteiger partial charge in [-0.3, -0.25) is 14.5 Å². The summed E-state index contributed by atoms with van der Waals surface area (Å²) in [6.07, 6.45) is 4.45. The fourth-order valence-electron chi connectivity index (χ4n) is 3.51. The van der Waals surface area contributed by atoms with Gasteiger partial charge in [0.15, 0.2) is 0 Å². The Morgan fingerprint density at radius 2 is 1.75 bits per heavy atom. The van der Waals surface area contributed by atoms with Gasteiger partial charge in [0.05, 0.1) is 11.6 Å². The van der Waals surface area contributed by atoms with Crippen molar-refractivity contribution in [1.82, 2.24) is 0 Å². The van der Waals surface area contributed by atoms with Crippen molar-refractivity contribution in [3.05, 3.63) is 30.3 Å². The minimum absolute atomic E-state index is 0.159. The molecule has 1 aliphatic heterocycles. The van der Waals surface area contributed by atoms with E-state index in [1.165, 1.54) is 4.90 Å². The number of nitrogens with zero attached hydrogens (tertiary/aromatic N) is 1. The second kappa shape index (κ2) is 4.85. The Hall–Kier alpha value is -1.97. The van der Waals surface area contributed by atoms with Crippen molar-refractivity contribution in [2.24, 2.45) is 11.3 Å². The first-order valence-corrected chi connectivity index (χ1v) is 7.06. The summed E-state index contributed by atoms with van der Waals surface area (Å²) in [5.74, 6) is -0.885. The van der Waals surface area contributed by atoms with Crippen LogP contribution in [-0.2, 0) is 14.4 Å². The number of imide groups is 1. The predicted octanol–water partition coefficient (Wildman–Crippen LogP) is 2.33. The molecule has 3 rings (SSSR count). The average molecular weight is 271 g/mol. The molecular weight excluding hydrogens is 254 g/mol. The molecular formula is C16H17NO3. The van der Waals surface area contributed by atoms with Crippen LogP contribution in [0.2, 0.25) is 0 Å². The van der Waals surface area contributed by atoms with Crippen molar-refractivity contribution in [3.8, 4) is 0 Å². The minimum Gasteiger partial charge on any atom is -0.303 e. The SMILES string of the molecule is O=CC1([C@H]2CC(=O)N(c3ccccc3)C2=O)CCCC1. The second-order valence-electron chi connectivity index (χ2n) is 5.72. The summed E-state index contributed by atoms with van der Waals surface area (Å²) in [5.41, 5.74) is -0.0138. The Bertz CT molecular complexity index is 546. The van der Waals surface area contributed by atoms with Crippen molar-refractivity contribution in [2.45, 2.75) is 32.1 Å². The lowest BCUT2D eigenvalue weighted by Gasteiger charge is -2.27. The number of amides is 2. The summed E-state index contributed by atoms with van der Waals surface area (Å²) in [5, 5.41) is 0. The maximum Gasteiger partial charge on any atom is 0.238 e. The van der Waals surface area contributed by atoms with Gasteiger partial charge < -0.3 is 4.79 Å². The van der Waals surface area contributed by atoms with Crippen LogP contribution < -0.4 is 4.90 Å². The Labute approximate surface area is 117 Å². The third kappa shape index (κ3) is 1.87. The second-order valence-corrected chi connectivity index (χ2v) is 5.72. The molecule has 0 bridgehead atoms. The summed E-state index contributed by atoms with van der Waals surface area (Å²) in [4.78, 5) is 37.6. The van der Waals surface area contributed by atoms with E-state index < -0.39 is 11.3 Å². The van der Waals surface area contributed by atoms with Crippen LogP contribution >= 0.6 is 0 Å². The molecule has 4 nitrogen and oxygen atoms in total. The van der Waals surface area contributed by atoms with E-state index in [4.69, 9.17) is 0 Å². The Morgan fingerprint density at radius 1 is 1.10 bits per heavy atom. The molecule has 1 heterocycles. The first kappa shape index (κ1) is 13.0. The van der Waals surface area contributed by atoms with E-state index in [9.17, 15) is 14.4 Å². The molecule has 0 spiro atoms. The molecule has 0 radical (unpaired) electrons. The van der Waals surface area contributed by atoms with Gasteiger partial charge in [-0.1, -0.05) is 31.0 Å². The lowest BCUT2D eigenvalue weighted by atomic mass is 9.74. The average Bonchev–Trinajstić information content (AvgIpc) is 3.06. The number of para-hydroxylation sites is 1. The van der Waals surface area contributed by atoms with Gasteiger partial charge in [-0.2, -0.15) is 0 Å². The van der Waals surface area contributed by atoms with Crippen LogP contribution in [0.1, 0.15) is 32.1 Å². The summed E-state index contributed by atoms with van der Waals surface area (Å²) in [6, 6.07) is 8.94. The van der Waals surface area contributed by atoms with E-state index in [-0.39, 0.29) is 18.2 Å². The highest BCUT2D eigenvalue weighted by Gasteiger charge is 2.52. The Morgan fingerprint density at radius 3 is 2.35 bits per heavy atom. The molecule has 1 aliphatic carbocycles. The lowest BCUT2D eigenvalue weighted by molar-refractivity contribution is -0.130. The molecule has 0 aromatic heterocycles. The number of hydrogen-bond donors (Lipinski definition) is 0. The number of aldehydes is 1. The highest BCUT2D eigenvalue weighted by atomic mass is 16.2. The molecule has 1 saturated carbocycles. The number of carbonyl (C=O) groups excluding carboxylic acids is 3. The highest BCUT2D eigenvalue weighted by molar-refractivity contribution is 6.21. The summed E-state index contributed by atoms with van der Waals surface area (Å²) in [7, 11) is 0. The third-order valence-electron chi connectivity index (χ3n) is 4.62. The molecule has 0 unspecified atom stereocenters. The summed E-state index contributed by atoms with van der Waals surface area (Å²) in [6.45, 7) is 0. The number of hydrogen-bond acceptors (Lipinski definition) is 3. The van der Waals surface area contributed by atoms with Gasteiger partial charge >= 0.3 is 0 Å². The van der Waals surface area contributed by atoms with Crippen molar-refractivity contribution in [3.63, 3.8) is 0 Å². The molecule has 1 aromatic carbocycles. The van der Waals surface area contributed by atoms with Crippen molar-refractivity contribution >= 4 is 23.8 Å². The topological polar surface area (TPSA) is 54.5 Å². The summed E-state index contributed by atoms with van der Waals surface area (Å²) < 4.78 is 0. The zero-order valence-electron chi connectivity index (χ0n) is 11.2. The number of carbonyl (C=O) groups is 3. The van der Waals surface area contributed by atoms with Crippen LogP contribution in [0.5, 0.6) is 0 Å². The first-order valence-electron chi connectivity index (χ1n) is 7.06. The normalized spacial score (nSPS) is 25.2. The van der Waals surface area contributed by atoms with Gasteiger partial charge in [0.2, 0.25) is 11.8 Å². The van der Waals surface area contributed by atoms with Crippen LogP contribution in [0.4, 0.5) is 5.69 Å². The quantitative estimate of drug-likeness (QED) is 0.626. The zero-order valence-corrected chi connectivity index (χ0v) is 11.2. The molecule has 2 fully saturated rings. The minimum atomic E-state index is -0.615. The monoisotopic (exact) mass is 271 g/mol. The van der Waals surface area contributed by atoms with Gasteiger partial charge in [0, 0.05) is 11.8 Å². The molecule has 20 heavy (non-hydrogen) atoms. The molecule has 0 N–H and O–H groups in total. The van der Waals surface area contributed by atoms with Crippen LogP contribution in [0.25, 0.3) is 0 Å². The van der Waals surface area contributed by atoms with Gasteiger partial charge in [0.25, 0.3) is 0 Å². The summed E-state index contributed by atoms with van der Waals surface area (Å²) >= 11 is 0. The van der Waals surface area contributed by atoms with Crippen molar-refractivity contribution in [2.75, 3.05) is 4.90 Å². The van der Waals surface area contributed by atoms with E-state index in [0.717, 1.165) is 32.0 Å². The number of benzene rings is 1.